The molecular formula is C20H27ClFNO2. The second-order valence-electron chi connectivity index (χ2n) is 5.59. The second kappa shape index (κ2) is 11.7. The molecule has 0 aromatic heterocycles. The summed E-state index contributed by atoms with van der Waals surface area (Å²) in [5.41, 5.74) is 1.56. The summed E-state index contributed by atoms with van der Waals surface area (Å²) in [6.07, 6.45) is 2.29. The Morgan fingerprint density at radius 2 is 1.72 bits per heavy atom. The third kappa shape index (κ3) is 6.56. The maximum absolute atomic E-state index is 13.8. The first kappa shape index (κ1) is 21.3. The van der Waals surface area contributed by atoms with Gasteiger partial charge < -0.3 is 14.8 Å². The van der Waals surface area contributed by atoms with Gasteiger partial charge in [-0.3, -0.25) is 0 Å². The van der Waals surface area contributed by atoms with Crippen molar-refractivity contribution in [3.05, 3.63) is 59.4 Å². The van der Waals surface area contributed by atoms with Gasteiger partial charge >= 0.3 is 0 Å². The van der Waals surface area contributed by atoms with E-state index in [-0.39, 0.29) is 24.8 Å². The molecule has 2 aromatic rings. The van der Waals surface area contributed by atoms with Crippen LogP contribution in [0.5, 0.6) is 11.5 Å². The molecule has 0 atom stereocenters. The summed E-state index contributed by atoms with van der Waals surface area (Å²) < 4.78 is 25.4. The van der Waals surface area contributed by atoms with Crippen LogP contribution < -0.4 is 14.8 Å². The molecule has 0 bridgehead atoms. The molecule has 0 heterocycles. The van der Waals surface area contributed by atoms with Gasteiger partial charge in [0.25, 0.3) is 0 Å². The third-order valence-electron chi connectivity index (χ3n) is 3.71. The molecule has 0 radical (unpaired) electrons. The Morgan fingerprint density at radius 3 is 2.44 bits per heavy atom. The van der Waals surface area contributed by atoms with E-state index >= 15 is 0 Å². The SMILES string of the molecule is CCCCNCc1cccc(OCC)c1OCc1ccccc1F.Cl. The highest BCUT2D eigenvalue weighted by Crippen LogP contribution is 2.32. The smallest absolute Gasteiger partial charge is 0.166 e. The highest BCUT2D eigenvalue weighted by Gasteiger charge is 2.12. The van der Waals surface area contributed by atoms with E-state index in [4.69, 9.17) is 9.47 Å². The summed E-state index contributed by atoms with van der Waals surface area (Å²) in [7, 11) is 0. The molecule has 1 N–H and O–H groups in total. The van der Waals surface area contributed by atoms with Crippen molar-refractivity contribution in [3.63, 3.8) is 0 Å². The normalized spacial score (nSPS) is 10.2. The fourth-order valence-electron chi connectivity index (χ4n) is 2.42. The van der Waals surface area contributed by atoms with E-state index in [2.05, 4.69) is 12.2 Å². The zero-order chi connectivity index (χ0) is 17.2. The quantitative estimate of drug-likeness (QED) is 0.591. The fraction of sp³-hybridized carbons (Fsp3) is 0.400. The number of halogens is 2. The van der Waals surface area contributed by atoms with Crippen LogP contribution in [0, 0.1) is 5.82 Å². The maximum Gasteiger partial charge on any atom is 0.166 e. The average Bonchev–Trinajstić information content (AvgIpc) is 2.59. The number of ether oxygens (including phenoxy) is 2. The molecule has 2 rings (SSSR count). The van der Waals surface area contributed by atoms with E-state index in [1.807, 2.05) is 31.2 Å². The molecule has 0 aliphatic carbocycles. The monoisotopic (exact) mass is 367 g/mol. The van der Waals surface area contributed by atoms with Crippen LogP contribution in [0.2, 0.25) is 0 Å². The number of rotatable bonds is 10. The summed E-state index contributed by atoms with van der Waals surface area (Å²) >= 11 is 0. The van der Waals surface area contributed by atoms with Crippen LogP contribution in [-0.4, -0.2) is 13.2 Å². The van der Waals surface area contributed by atoms with Crippen molar-refractivity contribution in [1.29, 1.82) is 0 Å². The first-order chi connectivity index (χ1) is 11.8. The minimum absolute atomic E-state index is 0. The maximum atomic E-state index is 13.8. The van der Waals surface area contributed by atoms with Crippen molar-refractivity contribution >= 4 is 12.4 Å². The minimum atomic E-state index is -0.256. The van der Waals surface area contributed by atoms with Crippen molar-refractivity contribution in [2.24, 2.45) is 0 Å². The van der Waals surface area contributed by atoms with Crippen molar-refractivity contribution in [1.82, 2.24) is 5.32 Å². The molecule has 0 aliphatic heterocycles. The van der Waals surface area contributed by atoms with E-state index in [9.17, 15) is 4.39 Å². The molecule has 5 heteroatoms. The molecule has 2 aromatic carbocycles. The van der Waals surface area contributed by atoms with E-state index in [1.165, 1.54) is 6.07 Å². The zero-order valence-electron chi connectivity index (χ0n) is 14.9. The molecule has 0 fully saturated rings. The summed E-state index contributed by atoms with van der Waals surface area (Å²) in [5.74, 6) is 1.13. The minimum Gasteiger partial charge on any atom is -0.490 e. The fourth-order valence-corrected chi connectivity index (χ4v) is 2.42. The number of benzene rings is 2. The lowest BCUT2D eigenvalue weighted by Crippen LogP contribution is -2.15. The molecule has 0 unspecified atom stereocenters. The van der Waals surface area contributed by atoms with Gasteiger partial charge in [0.05, 0.1) is 6.61 Å². The third-order valence-corrected chi connectivity index (χ3v) is 3.71. The van der Waals surface area contributed by atoms with Gasteiger partial charge in [-0.1, -0.05) is 43.7 Å². The van der Waals surface area contributed by atoms with Gasteiger partial charge in [0.1, 0.15) is 12.4 Å². The van der Waals surface area contributed by atoms with E-state index in [0.29, 0.717) is 30.2 Å². The summed E-state index contributed by atoms with van der Waals surface area (Å²) in [6, 6.07) is 12.5. The molecule has 0 saturated heterocycles. The van der Waals surface area contributed by atoms with Crippen molar-refractivity contribution < 1.29 is 13.9 Å². The van der Waals surface area contributed by atoms with Gasteiger partial charge in [-0.2, -0.15) is 0 Å². The molecule has 0 amide bonds. The van der Waals surface area contributed by atoms with Crippen LogP contribution in [0.1, 0.15) is 37.8 Å². The lowest BCUT2D eigenvalue weighted by Gasteiger charge is -2.16. The van der Waals surface area contributed by atoms with E-state index in [1.54, 1.807) is 12.1 Å². The van der Waals surface area contributed by atoms with Crippen LogP contribution in [0.4, 0.5) is 4.39 Å². The first-order valence-corrected chi connectivity index (χ1v) is 8.57. The highest BCUT2D eigenvalue weighted by atomic mass is 35.5. The largest absolute Gasteiger partial charge is 0.490 e. The van der Waals surface area contributed by atoms with Gasteiger partial charge in [-0.25, -0.2) is 4.39 Å². The Hall–Kier alpha value is -1.78. The Labute approximate surface area is 156 Å². The van der Waals surface area contributed by atoms with Crippen molar-refractivity contribution in [2.75, 3.05) is 13.2 Å². The lowest BCUT2D eigenvalue weighted by molar-refractivity contribution is 0.262. The summed E-state index contributed by atoms with van der Waals surface area (Å²) in [6.45, 7) is 6.50. The first-order valence-electron chi connectivity index (χ1n) is 8.57. The average molecular weight is 368 g/mol. The molecular weight excluding hydrogens is 341 g/mol. The Morgan fingerprint density at radius 1 is 0.960 bits per heavy atom. The van der Waals surface area contributed by atoms with Crippen LogP contribution in [0.15, 0.2) is 42.5 Å². The standard InChI is InChI=1S/C20H26FNO2.ClH/c1-3-5-13-22-14-16-10-8-12-19(23-4-2)20(16)24-15-17-9-6-7-11-18(17)21;/h6-12,22H,3-5,13-15H2,1-2H3;1H. The molecule has 25 heavy (non-hydrogen) atoms. The van der Waals surface area contributed by atoms with Gasteiger partial charge in [-0.15, -0.1) is 12.4 Å². The molecule has 0 aliphatic rings. The number of nitrogens with one attached hydrogen (secondary N) is 1. The second-order valence-corrected chi connectivity index (χ2v) is 5.59. The molecule has 0 spiro atoms. The topological polar surface area (TPSA) is 30.5 Å². The van der Waals surface area contributed by atoms with Crippen LogP contribution in [0.25, 0.3) is 0 Å². The van der Waals surface area contributed by atoms with E-state index < -0.39 is 0 Å². The van der Waals surface area contributed by atoms with Gasteiger partial charge in [0.2, 0.25) is 0 Å². The van der Waals surface area contributed by atoms with Crippen LogP contribution in [-0.2, 0) is 13.2 Å². The molecule has 138 valence electrons. The van der Waals surface area contributed by atoms with Crippen molar-refractivity contribution in [3.8, 4) is 11.5 Å². The Kier molecular flexibility index (Phi) is 9.97. The number of para-hydroxylation sites is 1. The predicted molar refractivity (Wildman–Crippen MR) is 102 cm³/mol. The molecule has 3 nitrogen and oxygen atoms in total. The highest BCUT2D eigenvalue weighted by molar-refractivity contribution is 5.85. The summed E-state index contributed by atoms with van der Waals surface area (Å²) in [4.78, 5) is 0. The molecule has 0 saturated carbocycles. The van der Waals surface area contributed by atoms with Gasteiger partial charge in [-0.05, 0) is 32.0 Å². The Bertz CT molecular complexity index is 637. The number of hydrogen-bond acceptors (Lipinski definition) is 3. The van der Waals surface area contributed by atoms with Crippen LogP contribution in [0.3, 0.4) is 0 Å². The summed E-state index contributed by atoms with van der Waals surface area (Å²) in [5, 5.41) is 3.41. The van der Waals surface area contributed by atoms with Gasteiger partial charge in [0.15, 0.2) is 11.5 Å². The lowest BCUT2D eigenvalue weighted by atomic mass is 10.1. The Balaban J connectivity index is 0.00000312. The van der Waals surface area contributed by atoms with Gasteiger partial charge in [0, 0.05) is 17.7 Å². The van der Waals surface area contributed by atoms with Crippen molar-refractivity contribution in [2.45, 2.75) is 39.8 Å². The zero-order valence-corrected chi connectivity index (χ0v) is 15.7. The number of unbranched alkanes of at least 4 members (excludes halogenated alkanes) is 1. The van der Waals surface area contributed by atoms with Crippen LogP contribution >= 0.6 is 12.4 Å². The predicted octanol–water partition coefficient (Wildman–Crippen LogP) is 5.11. The number of hydrogen-bond donors (Lipinski definition) is 1. The van der Waals surface area contributed by atoms with E-state index in [0.717, 1.165) is 24.9 Å².